The third kappa shape index (κ3) is 3.64. The second-order valence-electron chi connectivity index (χ2n) is 7.04. The lowest BCUT2D eigenvalue weighted by Crippen LogP contribution is -2.56. The molecule has 4 atom stereocenters. The Hall–Kier alpha value is -1.31. The molecule has 162 valence electrons. The van der Waals surface area contributed by atoms with Crippen molar-refractivity contribution in [3.8, 4) is 0 Å². The molecule has 2 aliphatic rings. The van der Waals surface area contributed by atoms with E-state index in [0.29, 0.717) is 6.42 Å². The van der Waals surface area contributed by atoms with Crippen LogP contribution in [0, 0.1) is 17.8 Å². The molecule has 1 amide bonds. The minimum absolute atomic E-state index is 0.0169. The molecule has 2 rings (SSSR count). The van der Waals surface area contributed by atoms with E-state index in [4.69, 9.17) is 0 Å². The highest BCUT2D eigenvalue weighted by atomic mass is 32.3. The van der Waals surface area contributed by atoms with Gasteiger partial charge in [0.1, 0.15) is 0 Å². The van der Waals surface area contributed by atoms with Crippen LogP contribution in [-0.4, -0.2) is 44.4 Å². The molecule has 14 heteroatoms. The fourth-order valence-electron chi connectivity index (χ4n) is 4.06. The minimum atomic E-state index is -6.76. The van der Waals surface area contributed by atoms with Crippen LogP contribution in [0.4, 0.5) is 26.3 Å². The van der Waals surface area contributed by atoms with Crippen molar-refractivity contribution in [3.63, 3.8) is 0 Å². The topological polar surface area (TPSA) is 97.4 Å². The lowest BCUT2D eigenvalue weighted by Gasteiger charge is -2.36. The Kier molecular flexibility index (Phi) is 5.65. The number of amides is 1. The Labute approximate surface area is 157 Å². The summed E-state index contributed by atoms with van der Waals surface area (Å²) < 4.78 is 123. The van der Waals surface area contributed by atoms with E-state index in [0.717, 1.165) is 0 Å². The summed E-state index contributed by atoms with van der Waals surface area (Å²) in [5.74, 6) is -4.65. The lowest BCUT2D eigenvalue weighted by molar-refractivity contribution is -0.118. The van der Waals surface area contributed by atoms with Crippen molar-refractivity contribution < 1.29 is 48.0 Å². The van der Waals surface area contributed by atoms with E-state index >= 15 is 0 Å². The summed E-state index contributed by atoms with van der Waals surface area (Å²) in [5, 5.41) is 2.19. The summed E-state index contributed by atoms with van der Waals surface area (Å²) in [6.07, 6.45) is 0.391. The average molecular weight is 457 g/mol. The van der Waals surface area contributed by atoms with Crippen molar-refractivity contribution in [1.82, 2.24) is 5.32 Å². The van der Waals surface area contributed by atoms with Gasteiger partial charge in [0.25, 0.3) is 19.7 Å². The number of alkyl halides is 6. The van der Waals surface area contributed by atoms with Gasteiger partial charge in [-0.3, -0.25) is 4.79 Å². The molecular formula is C14H17F6NO5S2. The van der Waals surface area contributed by atoms with Crippen LogP contribution in [0.3, 0.4) is 0 Å². The molecule has 28 heavy (non-hydrogen) atoms. The van der Waals surface area contributed by atoms with E-state index in [1.807, 2.05) is 0 Å². The number of carbonyl (C=O) groups excluding carboxylic acids is 1. The molecule has 2 aliphatic carbocycles. The zero-order valence-electron chi connectivity index (χ0n) is 14.3. The van der Waals surface area contributed by atoms with E-state index in [-0.39, 0.29) is 18.4 Å². The summed E-state index contributed by atoms with van der Waals surface area (Å²) in [4.78, 5) is 11.9. The Morgan fingerprint density at radius 1 is 0.964 bits per heavy atom. The van der Waals surface area contributed by atoms with E-state index in [9.17, 15) is 48.0 Å². The van der Waals surface area contributed by atoms with Gasteiger partial charge in [-0.15, -0.1) is 0 Å². The Bertz CT molecular complexity index is 833. The molecule has 6 nitrogen and oxygen atoms in total. The first kappa shape index (κ1) is 23.0. The van der Waals surface area contributed by atoms with Crippen LogP contribution in [-0.2, 0) is 24.5 Å². The van der Waals surface area contributed by atoms with Crippen LogP contribution in [0.1, 0.15) is 26.2 Å². The molecule has 0 aromatic heterocycles. The van der Waals surface area contributed by atoms with Gasteiger partial charge in [-0.05, 0) is 38.0 Å². The second-order valence-corrected chi connectivity index (χ2v) is 11.5. The molecule has 1 N–H and O–H groups in total. The second kappa shape index (κ2) is 6.89. The van der Waals surface area contributed by atoms with Gasteiger partial charge in [-0.2, -0.15) is 26.3 Å². The third-order valence-electron chi connectivity index (χ3n) is 5.24. The van der Waals surface area contributed by atoms with Gasteiger partial charge < -0.3 is 5.32 Å². The molecule has 2 bridgehead atoms. The molecule has 4 unspecified atom stereocenters. The molecule has 0 spiro atoms. The maximum absolute atomic E-state index is 13.1. The van der Waals surface area contributed by atoms with E-state index < -0.39 is 65.0 Å². The van der Waals surface area contributed by atoms with Gasteiger partial charge in [-0.25, -0.2) is 16.8 Å². The van der Waals surface area contributed by atoms with Crippen molar-refractivity contribution in [2.75, 3.05) is 0 Å². The first-order valence-electron chi connectivity index (χ1n) is 7.99. The van der Waals surface area contributed by atoms with Gasteiger partial charge in [0.15, 0.2) is 4.58 Å². The molecule has 0 saturated heterocycles. The predicted octanol–water partition coefficient (Wildman–Crippen LogP) is 2.29. The summed E-state index contributed by atoms with van der Waals surface area (Å²) >= 11 is 0. The molecule has 0 aliphatic heterocycles. The molecule has 0 aromatic carbocycles. The van der Waals surface area contributed by atoms with E-state index in [2.05, 4.69) is 11.9 Å². The van der Waals surface area contributed by atoms with Crippen molar-refractivity contribution in [1.29, 1.82) is 0 Å². The highest BCUT2D eigenvalue weighted by Crippen LogP contribution is 2.54. The molecule has 2 fully saturated rings. The van der Waals surface area contributed by atoms with Crippen LogP contribution >= 0.6 is 0 Å². The monoisotopic (exact) mass is 457 g/mol. The van der Waals surface area contributed by atoms with Gasteiger partial charge in [0.2, 0.25) is 5.91 Å². The number of hydrogen-bond acceptors (Lipinski definition) is 5. The number of carbonyl (C=O) groups is 1. The zero-order chi connectivity index (χ0) is 21.9. The van der Waals surface area contributed by atoms with Crippen molar-refractivity contribution in [2.45, 2.75) is 47.8 Å². The summed E-state index contributed by atoms with van der Waals surface area (Å²) in [6.45, 7) is 4.53. The number of nitrogens with one attached hydrogen (secondary N) is 1. The number of halogens is 6. The fraction of sp³-hybridized carbons (Fsp3) is 0.786. The molecule has 2 saturated carbocycles. The van der Waals surface area contributed by atoms with Crippen molar-refractivity contribution >= 4 is 25.6 Å². The van der Waals surface area contributed by atoms with E-state index in [1.165, 1.54) is 6.92 Å². The highest BCUT2D eigenvalue weighted by molar-refractivity contribution is 8.09. The molecule has 0 radical (unpaired) electrons. The SMILES string of the molecule is C=C(C)C(=O)NC1C2CCC(C2)C1C(S(=O)(=O)C(F)(F)F)S(=O)(=O)C(F)(F)F. The number of hydrogen-bond donors (Lipinski definition) is 1. The maximum Gasteiger partial charge on any atom is 0.498 e. The largest absolute Gasteiger partial charge is 0.498 e. The predicted molar refractivity (Wildman–Crippen MR) is 84.8 cm³/mol. The molecular weight excluding hydrogens is 440 g/mol. The maximum atomic E-state index is 13.1. The van der Waals surface area contributed by atoms with Crippen LogP contribution in [0.25, 0.3) is 0 Å². The standard InChI is InChI=1S/C14H17F6NO5S2/c1-6(2)11(22)21-10-8-4-3-7(5-8)9(10)12(27(23,24)13(15,16)17)28(25,26)14(18,19)20/h7-10,12H,1,3-5H2,2H3,(H,21,22). The number of fused-ring (bicyclic) bond motifs is 2. The lowest BCUT2D eigenvalue weighted by atomic mass is 9.85. The molecule has 0 heterocycles. The van der Waals surface area contributed by atoms with Gasteiger partial charge >= 0.3 is 11.0 Å². The van der Waals surface area contributed by atoms with Gasteiger partial charge in [0, 0.05) is 17.5 Å². The van der Waals surface area contributed by atoms with Crippen LogP contribution < -0.4 is 5.32 Å². The van der Waals surface area contributed by atoms with Gasteiger partial charge in [0.05, 0.1) is 0 Å². The highest BCUT2D eigenvalue weighted by Gasteiger charge is 2.69. The Balaban J connectivity index is 2.65. The molecule has 0 aromatic rings. The van der Waals surface area contributed by atoms with Crippen molar-refractivity contribution in [2.24, 2.45) is 17.8 Å². The normalized spacial score (nSPS) is 28.6. The van der Waals surface area contributed by atoms with E-state index in [1.54, 1.807) is 0 Å². The third-order valence-corrected chi connectivity index (χ3v) is 9.90. The van der Waals surface area contributed by atoms with Crippen LogP contribution in [0.2, 0.25) is 0 Å². The Morgan fingerprint density at radius 2 is 1.39 bits per heavy atom. The smallest absolute Gasteiger partial charge is 0.349 e. The van der Waals surface area contributed by atoms with Crippen LogP contribution in [0.5, 0.6) is 0 Å². The summed E-state index contributed by atoms with van der Waals surface area (Å²) in [7, 11) is -13.5. The quantitative estimate of drug-likeness (QED) is 0.505. The first-order chi connectivity index (χ1) is 12.4. The zero-order valence-corrected chi connectivity index (χ0v) is 16.0. The number of sulfone groups is 2. The average Bonchev–Trinajstić information content (AvgIpc) is 3.07. The first-order valence-corrected chi connectivity index (χ1v) is 11.1. The van der Waals surface area contributed by atoms with Crippen LogP contribution in [0.15, 0.2) is 12.2 Å². The van der Waals surface area contributed by atoms with Crippen molar-refractivity contribution in [3.05, 3.63) is 12.2 Å². The summed E-state index contributed by atoms with van der Waals surface area (Å²) in [6, 6.07) is -1.47. The fourth-order valence-corrected chi connectivity index (χ4v) is 8.19. The minimum Gasteiger partial charge on any atom is -0.349 e. The summed E-state index contributed by atoms with van der Waals surface area (Å²) in [5.41, 5.74) is -12.6. The Morgan fingerprint density at radius 3 is 1.79 bits per heavy atom. The number of rotatable bonds is 5. The van der Waals surface area contributed by atoms with Gasteiger partial charge in [-0.1, -0.05) is 6.58 Å².